The number of nitrogens with zero attached hydrogens (tertiary/aromatic N) is 2. The first kappa shape index (κ1) is 22.4. The molecule has 32 heavy (non-hydrogen) atoms. The molecule has 11 N–H and O–H groups in total. The summed E-state index contributed by atoms with van der Waals surface area (Å²) in [6.07, 6.45) is 1.82. The summed E-state index contributed by atoms with van der Waals surface area (Å²) >= 11 is 1.48. The predicted octanol–water partition coefficient (Wildman–Crippen LogP) is 0.387. The molecule has 0 aliphatic carbocycles. The number of imidazole rings is 1. The van der Waals surface area contributed by atoms with E-state index in [1.54, 1.807) is 24.3 Å². The number of piperidine rings is 1. The number of hydrazine groups is 1. The number of hydrazone groups is 1. The second-order valence-electron chi connectivity index (χ2n) is 7.38. The summed E-state index contributed by atoms with van der Waals surface area (Å²) in [5, 5.41) is 13.1. The summed E-state index contributed by atoms with van der Waals surface area (Å²) in [5.41, 5.74) is 16.8. The number of nitrogens with two attached hydrogens (primary N) is 4. The Morgan fingerprint density at radius 2 is 1.94 bits per heavy atom. The van der Waals surface area contributed by atoms with Crippen LogP contribution in [-0.4, -0.2) is 42.6 Å². The fourth-order valence-electron chi connectivity index (χ4n) is 3.91. The predicted molar refractivity (Wildman–Crippen MR) is 127 cm³/mol. The molecular formula is C19H25N9O2S2. The van der Waals surface area contributed by atoms with Crippen molar-refractivity contribution in [1.82, 2.24) is 20.8 Å². The number of primary sulfonamides is 1. The Morgan fingerprint density at radius 1 is 1.19 bits per heavy atom. The molecule has 1 aliphatic heterocycles. The van der Waals surface area contributed by atoms with Gasteiger partial charge >= 0.3 is 0 Å². The molecule has 0 bridgehead atoms. The lowest BCUT2D eigenvalue weighted by atomic mass is 9.97. The third-order valence-electron chi connectivity index (χ3n) is 5.25. The number of rotatable bonds is 6. The number of para-hydroxylation sites is 1. The van der Waals surface area contributed by atoms with E-state index in [4.69, 9.17) is 22.4 Å². The zero-order valence-corrected chi connectivity index (χ0v) is 18.8. The van der Waals surface area contributed by atoms with Crippen LogP contribution in [0.15, 0.2) is 45.2 Å². The van der Waals surface area contributed by atoms with Crippen LogP contribution in [0.5, 0.6) is 0 Å². The zero-order valence-electron chi connectivity index (χ0n) is 17.1. The first-order valence-electron chi connectivity index (χ1n) is 9.90. The molecule has 1 saturated heterocycles. The molecule has 170 valence electrons. The van der Waals surface area contributed by atoms with Crippen LogP contribution < -0.4 is 33.3 Å². The maximum atomic E-state index is 12.8. The van der Waals surface area contributed by atoms with Crippen molar-refractivity contribution in [2.75, 3.05) is 18.8 Å². The molecule has 2 aromatic carbocycles. The molecule has 1 fully saturated rings. The van der Waals surface area contributed by atoms with Crippen LogP contribution in [-0.2, 0) is 10.0 Å². The second kappa shape index (κ2) is 8.96. The van der Waals surface area contributed by atoms with Crippen molar-refractivity contribution in [2.24, 2.45) is 21.8 Å². The summed E-state index contributed by atoms with van der Waals surface area (Å²) in [6, 6.07) is 8.97. The average Bonchev–Trinajstić information content (AvgIpc) is 3.14. The second-order valence-corrected chi connectivity index (χ2v) is 10.2. The van der Waals surface area contributed by atoms with Gasteiger partial charge < -0.3 is 21.8 Å². The highest BCUT2D eigenvalue weighted by Gasteiger charge is 2.28. The molecule has 1 aromatic heterocycles. The molecule has 0 spiro atoms. The van der Waals surface area contributed by atoms with E-state index < -0.39 is 10.0 Å². The highest BCUT2D eigenvalue weighted by atomic mass is 32.2. The lowest BCUT2D eigenvalue weighted by Gasteiger charge is -2.24. The summed E-state index contributed by atoms with van der Waals surface area (Å²) in [4.78, 5) is 7.70. The maximum absolute atomic E-state index is 12.8. The van der Waals surface area contributed by atoms with Crippen LogP contribution in [0.25, 0.3) is 22.2 Å². The van der Waals surface area contributed by atoms with E-state index in [9.17, 15) is 8.42 Å². The molecule has 11 nitrogen and oxygen atoms in total. The van der Waals surface area contributed by atoms with E-state index in [1.807, 2.05) is 6.07 Å². The number of aromatic nitrogens is 2. The Hall–Kier alpha value is -2.84. The fraction of sp³-hybridized carbons (Fsp3) is 0.263. The van der Waals surface area contributed by atoms with E-state index >= 15 is 0 Å². The van der Waals surface area contributed by atoms with E-state index in [1.165, 1.54) is 11.8 Å². The van der Waals surface area contributed by atoms with Gasteiger partial charge in [0, 0.05) is 21.3 Å². The quantitative estimate of drug-likeness (QED) is 0.114. The van der Waals surface area contributed by atoms with Gasteiger partial charge in [-0.3, -0.25) is 0 Å². The summed E-state index contributed by atoms with van der Waals surface area (Å²) in [6.45, 7) is 1.74. The number of aromatic amines is 1. The monoisotopic (exact) mass is 475 g/mol. The van der Waals surface area contributed by atoms with E-state index in [2.05, 4.69) is 25.9 Å². The highest BCUT2D eigenvalue weighted by Crippen LogP contribution is 2.40. The lowest BCUT2D eigenvalue weighted by molar-refractivity contribution is 0.531. The number of fused-ring (bicyclic) bond motifs is 1. The van der Waals surface area contributed by atoms with Crippen molar-refractivity contribution in [3.05, 3.63) is 35.9 Å². The molecular weight excluding hydrogens is 450 g/mol. The fourth-order valence-corrected chi connectivity index (χ4v) is 6.44. The van der Waals surface area contributed by atoms with Gasteiger partial charge in [-0.2, -0.15) is 0 Å². The van der Waals surface area contributed by atoms with E-state index in [0.29, 0.717) is 27.1 Å². The van der Waals surface area contributed by atoms with Crippen molar-refractivity contribution in [3.8, 4) is 11.1 Å². The van der Waals surface area contributed by atoms with Gasteiger partial charge in [-0.05, 0) is 43.6 Å². The number of amidine groups is 1. The van der Waals surface area contributed by atoms with Crippen molar-refractivity contribution in [3.63, 3.8) is 0 Å². The Kier molecular flexibility index (Phi) is 6.26. The largest absolute Gasteiger partial charge is 0.382 e. The number of thioether (sulfide) groups is 1. The SMILES string of the molecule is NN/N=C(\N)c1c(-c2cccc3nc(N)[nH]c23)ccc(SC2CCNCC2)c1S(N)(=O)=O. The van der Waals surface area contributed by atoms with Crippen molar-refractivity contribution in [1.29, 1.82) is 0 Å². The summed E-state index contributed by atoms with van der Waals surface area (Å²) in [7, 11) is -4.17. The summed E-state index contributed by atoms with van der Waals surface area (Å²) < 4.78 is 25.7. The number of nitrogen functional groups attached to an aromatic ring is 1. The van der Waals surface area contributed by atoms with Crippen molar-refractivity contribution < 1.29 is 8.42 Å². The molecule has 13 heteroatoms. The standard InChI is InChI=1S/C19H25N9O2S2/c20-18(27-28-22)15-11(12-2-1-3-13-16(12)26-19(21)25-13)4-5-14(17(15)32(23,29)30)31-10-6-8-24-9-7-10/h1-5,10,24,28H,6-9,22H2,(H2,20,27)(H3,21,25,26)(H2,23,29,30). The van der Waals surface area contributed by atoms with Gasteiger partial charge in [-0.1, -0.05) is 18.2 Å². The van der Waals surface area contributed by atoms with Crippen LogP contribution >= 0.6 is 11.8 Å². The average molecular weight is 476 g/mol. The molecule has 0 amide bonds. The van der Waals surface area contributed by atoms with Crippen molar-refractivity contribution >= 4 is 44.6 Å². The Bertz CT molecular complexity index is 1280. The molecule has 2 heterocycles. The van der Waals surface area contributed by atoms with Gasteiger partial charge in [0.1, 0.15) is 4.90 Å². The topological polar surface area (TPSA) is 203 Å². The van der Waals surface area contributed by atoms with E-state index in [0.717, 1.165) is 25.9 Å². The zero-order chi connectivity index (χ0) is 22.9. The highest BCUT2D eigenvalue weighted by molar-refractivity contribution is 8.00. The molecule has 0 radical (unpaired) electrons. The van der Waals surface area contributed by atoms with Gasteiger partial charge in [-0.25, -0.2) is 29.9 Å². The maximum Gasteiger partial charge on any atom is 0.239 e. The third-order valence-corrected chi connectivity index (χ3v) is 7.77. The Balaban J connectivity index is 1.99. The molecule has 4 rings (SSSR count). The smallest absolute Gasteiger partial charge is 0.239 e. The number of H-pyrrole nitrogens is 1. The molecule has 0 atom stereocenters. The van der Waals surface area contributed by atoms with Gasteiger partial charge in [0.2, 0.25) is 10.0 Å². The molecule has 0 unspecified atom stereocenters. The van der Waals surface area contributed by atoms with Gasteiger partial charge in [0.25, 0.3) is 0 Å². The number of hydrogen-bond acceptors (Lipinski definition) is 9. The summed E-state index contributed by atoms with van der Waals surface area (Å²) in [5.74, 6) is 5.49. The first-order chi connectivity index (χ1) is 15.3. The van der Waals surface area contributed by atoms with Crippen LogP contribution in [0.4, 0.5) is 5.95 Å². The Morgan fingerprint density at radius 3 is 2.62 bits per heavy atom. The van der Waals surface area contributed by atoms with Crippen LogP contribution in [0.2, 0.25) is 0 Å². The Labute approximate surface area is 189 Å². The molecule has 0 saturated carbocycles. The van der Waals surface area contributed by atoms with Gasteiger partial charge in [-0.15, -0.1) is 16.9 Å². The van der Waals surface area contributed by atoms with Crippen LogP contribution in [0.1, 0.15) is 18.4 Å². The minimum Gasteiger partial charge on any atom is -0.382 e. The number of hydrogen-bond donors (Lipinski definition) is 7. The number of anilines is 1. The minimum absolute atomic E-state index is 0.0838. The molecule has 3 aromatic rings. The first-order valence-corrected chi connectivity index (χ1v) is 12.3. The van der Waals surface area contributed by atoms with Gasteiger partial charge in [0.05, 0.1) is 11.0 Å². The number of sulfonamides is 1. The molecule has 1 aliphatic rings. The third kappa shape index (κ3) is 4.38. The number of benzene rings is 2. The van der Waals surface area contributed by atoms with Crippen LogP contribution in [0, 0.1) is 0 Å². The minimum atomic E-state index is -4.17. The lowest BCUT2D eigenvalue weighted by Crippen LogP contribution is -2.30. The van der Waals surface area contributed by atoms with Gasteiger partial charge in [0.15, 0.2) is 11.8 Å². The van der Waals surface area contributed by atoms with Crippen molar-refractivity contribution in [2.45, 2.75) is 27.9 Å². The van der Waals surface area contributed by atoms with Crippen LogP contribution in [0.3, 0.4) is 0 Å². The normalized spacial score (nSPS) is 15.9. The van der Waals surface area contributed by atoms with E-state index in [-0.39, 0.29) is 27.5 Å². The number of nitrogens with one attached hydrogen (secondary N) is 3.